The quantitative estimate of drug-likeness (QED) is 0.806. The van der Waals surface area contributed by atoms with Crippen LogP contribution >= 0.6 is 35.0 Å². The van der Waals surface area contributed by atoms with Crippen molar-refractivity contribution in [2.45, 2.75) is 30.7 Å². The van der Waals surface area contributed by atoms with E-state index in [2.05, 4.69) is 6.92 Å². The molecule has 4 heteroatoms. The molecule has 0 fully saturated rings. The van der Waals surface area contributed by atoms with Gasteiger partial charge in [0.2, 0.25) is 0 Å². The Kier molecular flexibility index (Phi) is 5.83. The van der Waals surface area contributed by atoms with Gasteiger partial charge in [-0.05, 0) is 24.6 Å². The van der Waals surface area contributed by atoms with Crippen molar-refractivity contribution in [2.24, 2.45) is 5.73 Å². The van der Waals surface area contributed by atoms with Gasteiger partial charge in [-0.25, -0.2) is 0 Å². The highest BCUT2D eigenvalue weighted by atomic mass is 35.5. The fraction of sp³-hybridized carbons (Fsp3) is 0.455. The molecule has 2 N–H and O–H groups in total. The molecule has 1 atom stereocenters. The summed E-state index contributed by atoms with van der Waals surface area (Å²) < 4.78 is 0. The Morgan fingerprint density at radius 3 is 2.80 bits per heavy atom. The highest BCUT2D eigenvalue weighted by Crippen LogP contribution is 2.30. The number of hydrogen-bond donors (Lipinski definition) is 1. The molecule has 0 saturated carbocycles. The van der Waals surface area contributed by atoms with E-state index in [1.807, 2.05) is 12.1 Å². The monoisotopic (exact) mass is 263 g/mol. The third-order valence-corrected chi connectivity index (χ3v) is 3.93. The number of halogens is 2. The maximum Gasteiger partial charge on any atom is 0.0542 e. The van der Waals surface area contributed by atoms with Crippen LogP contribution in [0.15, 0.2) is 23.1 Å². The zero-order valence-electron chi connectivity index (χ0n) is 8.67. The molecule has 0 bridgehead atoms. The van der Waals surface area contributed by atoms with E-state index < -0.39 is 0 Å². The zero-order chi connectivity index (χ0) is 11.3. The van der Waals surface area contributed by atoms with Crippen LogP contribution in [-0.4, -0.2) is 11.8 Å². The van der Waals surface area contributed by atoms with Gasteiger partial charge in [0.25, 0.3) is 0 Å². The van der Waals surface area contributed by atoms with Crippen LogP contribution in [0.4, 0.5) is 0 Å². The van der Waals surface area contributed by atoms with Crippen molar-refractivity contribution < 1.29 is 0 Å². The van der Waals surface area contributed by atoms with E-state index in [4.69, 9.17) is 28.9 Å². The Morgan fingerprint density at radius 1 is 1.40 bits per heavy atom. The molecule has 1 nitrogen and oxygen atoms in total. The largest absolute Gasteiger partial charge is 0.327 e. The Hall–Kier alpha value is 0.110. The predicted octanol–water partition coefficient (Wildman–Crippen LogP) is 4.21. The molecule has 0 aliphatic rings. The van der Waals surface area contributed by atoms with Crippen molar-refractivity contribution >= 4 is 35.0 Å². The minimum absolute atomic E-state index is 0.232. The highest BCUT2D eigenvalue weighted by molar-refractivity contribution is 7.99. The third kappa shape index (κ3) is 4.64. The Labute approximate surface area is 105 Å². The van der Waals surface area contributed by atoms with Crippen molar-refractivity contribution in [3.63, 3.8) is 0 Å². The average molecular weight is 264 g/mol. The van der Waals surface area contributed by atoms with Gasteiger partial charge >= 0.3 is 0 Å². The van der Waals surface area contributed by atoms with Gasteiger partial charge in [0.05, 0.1) is 5.02 Å². The van der Waals surface area contributed by atoms with Crippen molar-refractivity contribution in [3.05, 3.63) is 28.2 Å². The Bertz CT molecular complexity index is 317. The maximum atomic E-state index is 6.04. The van der Waals surface area contributed by atoms with E-state index >= 15 is 0 Å². The molecule has 1 aromatic rings. The first-order valence-electron chi connectivity index (χ1n) is 4.97. The van der Waals surface area contributed by atoms with Gasteiger partial charge < -0.3 is 5.73 Å². The first kappa shape index (κ1) is 13.2. The molecule has 0 aliphatic carbocycles. The fourth-order valence-corrected chi connectivity index (χ4v) is 2.73. The molecule has 15 heavy (non-hydrogen) atoms. The number of hydrogen-bond acceptors (Lipinski definition) is 2. The molecular formula is C11H15Cl2NS. The molecule has 0 amide bonds. The van der Waals surface area contributed by atoms with Crippen LogP contribution in [0, 0.1) is 0 Å². The van der Waals surface area contributed by atoms with Gasteiger partial charge in [0.1, 0.15) is 0 Å². The van der Waals surface area contributed by atoms with E-state index in [1.54, 1.807) is 17.8 Å². The second kappa shape index (κ2) is 6.64. The first-order chi connectivity index (χ1) is 7.13. The maximum absolute atomic E-state index is 6.04. The second-order valence-electron chi connectivity index (χ2n) is 3.43. The highest BCUT2D eigenvalue weighted by Gasteiger charge is 2.05. The molecule has 0 saturated heterocycles. The normalized spacial score (nSPS) is 12.8. The van der Waals surface area contributed by atoms with Crippen LogP contribution in [0.2, 0.25) is 10.0 Å². The van der Waals surface area contributed by atoms with Gasteiger partial charge in [-0.15, -0.1) is 11.8 Å². The molecule has 0 spiro atoms. The summed E-state index contributed by atoms with van der Waals surface area (Å²) in [6.45, 7) is 2.14. The van der Waals surface area contributed by atoms with Crippen LogP contribution in [0.1, 0.15) is 19.8 Å². The number of nitrogens with two attached hydrogens (primary N) is 1. The average Bonchev–Trinajstić information content (AvgIpc) is 2.20. The molecule has 1 rings (SSSR count). The summed E-state index contributed by atoms with van der Waals surface area (Å²) in [6.07, 6.45) is 2.16. The summed E-state index contributed by atoms with van der Waals surface area (Å²) in [5, 5.41) is 1.46. The molecule has 0 aromatic heterocycles. The lowest BCUT2D eigenvalue weighted by molar-refractivity contribution is 0.661. The molecule has 1 aromatic carbocycles. The van der Waals surface area contributed by atoms with Crippen molar-refractivity contribution in [2.75, 3.05) is 5.75 Å². The Balaban J connectivity index is 2.53. The smallest absolute Gasteiger partial charge is 0.0542 e. The van der Waals surface area contributed by atoms with Crippen LogP contribution in [-0.2, 0) is 0 Å². The second-order valence-corrected chi connectivity index (χ2v) is 5.34. The SMILES string of the molecule is CCCC(N)CSc1cc(Cl)ccc1Cl. The summed E-state index contributed by atoms with van der Waals surface area (Å²) in [7, 11) is 0. The van der Waals surface area contributed by atoms with Crippen molar-refractivity contribution in [1.82, 2.24) is 0 Å². The van der Waals surface area contributed by atoms with E-state index in [-0.39, 0.29) is 6.04 Å². The number of benzene rings is 1. The molecule has 0 radical (unpaired) electrons. The zero-order valence-corrected chi connectivity index (χ0v) is 11.0. The fourth-order valence-electron chi connectivity index (χ4n) is 1.24. The van der Waals surface area contributed by atoms with Gasteiger partial charge in [0, 0.05) is 21.7 Å². The molecule has 0 heterocycles. The third-order valence-electron chi connectivity index (χ3n) is 2.01. The van der Waals surface area contributed by atoms with Crippen LogP contribution < -0.4 is 5.73 Å². The topological polar surface area (TPSA) is 26.0 Å². The Morgan fingerprint density at radius 2 is 2.13 bits per heavy atom. The molecule has 1 unspecified atom stereocenters. The van der Waals surface area contributed by atoms with Gasteiger partial charge in [0.15, 0.2) is 0 Å². The lowest BCUT2D eigenvalue weighted by Gasteiger charge is -2.10. The lowest BCUT2D eigenvalue weighted by Crippen LogP contribution is -2.22. The van der Waals surface area contributed by atoms with E-state index in [1.165, 1.54) is 0 Å². The van der Waals surface area contributed by atoms with Crippen LogP contribution in [0.25, 0.3) is 0 Å². The van der Waals surface area contributed by atoms with E-state index in [0.29, 0.717) is 5.02 Å². The van der Waals surface area contributed by atoms with Crippen molar-refractivity contribution in [1.29, 1.82) is 0 Å². The number of thioether (sulfide) groups is 1. The molecule has 84 valence electrons. The summed E-state index contributed by atoms with van der Waals surface area (Å²) >= 11 is 13.6. The van der Waals surface area contributed by atoms with Gasteiger partial charge in [-0.3, -0.25) is 0 Å². The summed E-state index contributed by atoms with van der Waals surface area (Å²) in [5.41, 5.74) is 5.92. The minimum Gasteiger partial charge on any atom is -0.327 e. The van der Waals surface area contributed by atoms with Gasteiger partial charge in [-0.1, -0.05) is 36.5 Å². The lowest BCUT2D eigenvalue weighted by atomic mass is 10.2. The predicted molar refractivity (Wildman–Crippen MR) is 70.1 cm³/mol. The molecule has 0 aliphatic heterocycles. The summed E-state index contributed by atoms with van der Waals surface area (Å²) in [6, 6.07) is 5.72. The number of rotatable bonds is 5. The van der Waals surface area contributed by atoms with E-state index in [9.17, 15) is 0 Å². The standard InChI is InChI=1S/C11H15Cl2NS/c1-2-3-9(14)7-15-11-6-8(12)4-5-10(11)13/h4-6,9H,2-3,7,14H2,1H3. The minimum atomic E-state index is 0.232. The molecular weight excluding hydrogens is 249 g/mol. The van der Waals surface area contributed by atoms with Crippen LogP contribution in [0.5, 0.6) is 0 Å². The van der Waals surface area contributed by atoms with Gasteiger partial charge in [-0.2, -0.15) is 0 Å². The van der Waals surface area contributed by atoms with Crippen LogP contribution in [0.3, 0.4) is 0 Å². The first-order valence-corrected chi connectivity index (χ1v) is 6.71. The van der Waals surface area contributed by atoms with E-state index in [0.717, 1.165) is 28.5 Å². The summed E-state index contributed by atoms with van der Waals surface area (Å²) in [5.74, 6) is 0.883. The summed E-state index contributed by atoms with van der Waals surface area (Å²) in [4.78, 5) is 1.01. The van der Waals surface area contributed by atoms with Crippen molar-refractivity contribution in [3.8, 4) is 0 Å².